The minimum Gasteiger partial charge on any atom is -0.0776 e. The quantitative estimate of drug-likeness (QED) is 0.0830. The molecule has 1 aliphatic carbocycles. The Bertz CT molecular complexity index is 465. The minimum absolute atomic E-state index is 0. The smallest absolute Gasteiger partial charge is 0.0355 e. The zero-order valence-corrected chi connectivity index (χ0v) is 29.7. The lowest BCUT2D eigenvalue weighted by atomic mass is 9.61. The third-order valence-electron chi connectivity index (χ3n) is 10.2. The van der Waals surface area contributed by atoms with Gasteiger partial charge in [-0.1, -0.05) is 217 Å². The summed E-state index contributed by atoms with van der Waals surface area (Å²) in [5, 5.41) is 0. The molecule has 4 atom stereocenters. The molecule has 1 fully saturated rings. The number of hydrogen-bond donors (Lipinski definition) is 0. The second-order valence-electron chi connectivity index (χ2n) is 14.1. The molecule has 42 heavy (non-hydrogen) atoms. The number of rotatable bonds is 27. The average Bonchev–Trinajstić information content (AvgIpc) is 2.96. The van der Waals surface area contributed by atoms with Crippen LogP contribution in [0.25, 0.3) is 0 Å². The predicted molar refractivity (Wildman–Crippen MR) is 200 cm³/mol. The van der Waals surface area contributed by atoms with Crippen LogP contribution in [0, 0.1) is 29.6 Å². The van der Waals surface area contributed by atoms with Crippen LogP contribution in [0.4, 0.5) is 0 Å². The fourth-order valence-corrected chi connectivity index (χ4v) is 7.82. The predicted octanol–water partition coefficient (Wildman–Crippen LogP) is 16.4. The van der Waals surface area contributed by atoms with Crippen molar-refractivity contribution in [3.05, 3.63) is 0 Å². The fourth-order valence-electron chi connectivity index (χ4n) is 7.82. The molecule has 0 heteroatoms. The van der Waals surface area contributed by atoms with Crippen molar-refractivity contribution in [1.82, 2.24) is 0 Å². The van der Waals surface area contributed by atoms with Crippen molar-refractivity contribution in [3.63, 3.8) is 0 Å². The summed E-state index contributed by atoms with van der Waals surface area (Å²) in [4.78, 5) is 0. The molecule has 0 aliphatic heterocycles. The first kappa shape index (κ1) is 46.4. The standard InChI is InChI=1S/C38H76.C2H6.2CH4/c1-6-9-12-14-15-20-24-29-36-33-32-35(28-22-11-8-3)37(30-25-18-13-10-7-2)38(36)31-26-21-17-16-19-23-27-34(4)5;1-2;;/h34-38H,6-33H2,1-5H3;1-2H3;2*1H4. The van der Waals surface area contributed by atoms with Gasteiger partial charge < -0.3 is 0 Å². The first-order chi connectivity index (χ1) is 19.6. The molecule has 0 radical (unpaired) electrons. The van der Waals surface area contributed by atoms with E-state index in [9.17, 15) is 0 Å². The Balaban J connectivity index is -0.00000371. The molecule has 1 aliphatic rings. The molecular formula is C42H90. The van der Waals surface area contributed by atoms with Gasteiger partial charge in [-0.25, -0.2) is 0 Å². The van der Waals surface area contributed by atoms with E-state index < -0.39 is 0 Å². The van der Waals surface area contributed by atoms with Crippen LogP contribution < -0.4 is 0 Å². The van der Waals surface area contributed by atoms with E-state index >= 15 is 0 Å². The van der Waals surface area contributed by atoms with Gasteiger partial charge in [-0.05, 0) is 55.3 Å². The SMILES string of the molecule is C.C.CC.CCCCCCCCCC1CCC(CCCCC)C(CCCCCCC)C1CCCCCCCCC(C)C. The van der Waals surface area contributed by atoms with E-state index in [-0.39, 0.29) is 14.9 Å². The molecule has 0 amide bonds. The van der Waals surface area contributed by atoms with Gasteiger partial charge in [0.1, 0.15) is 0 Å². The maximum absolute atomic E-state index is 2.38. The summed E-state index contributed by atoms with van der Waals surface area (Å²) >= 11 is 0. The van der Waals surface area contributed by atoms with Crippen LogP contribution in [0.5, 0.6) is 0 Å². The van der Waals surface area contributed by atoms with Gasteiger partial charge in [-0.15, -0.1) is 0 Å². The maximum atomic E-state index is 2.38. The van der Waals surface area contributed by atoms with E-state index in [1.165, 1.54) is 141 Å². The molecule has 0 bridgehead atoms. The van der Waals surface area contributed by atoms with E-state index in [2.05, 4.69) is 34.6 Å². The summed E-state index contributed by atoms with van der Waals surface area (Å²) in [6, 6.07) is 0. The van der Waals surface area contributed by atoms with Crippen molar-refractivity contribution in [2.75, 3.05) is 0 Å². The highest BCUT2D eigenvalue weighted by atomic mass is 14.4. The van der Waals surface area contributed by atoms with Crippen LogP contribution in [0.3, 0.4) is 0 Å². The minimum atomic E-state index is 0. The molecular weight excluding hydrogens is 504 g/mol. The molecule has 0 saturated heterocycles. The molecule has 1 saturated carbocycles. The highest BCUT2D eigenvalue weighted by Gasteiger charge is 2.37. The van der Waals surface area contributed by atoms with Gasteiger partial charge >= 0.3 is 0 Å². The van der Waals surface area contributed by atoms with Crippen molar-refractivity contribution >= 4 is 0 Å². The summed E-state index contributed by atoms with van der Waals surface area (Å²) in [5.74, 6) is 5.11. The molecule has 0 nitrogen and oxygen atoms in total. The molecule has 0 aromatic rings. The summed E-state index contributed by atoms with van der Waals surface area (Å²) < 4.78 is 0. The molecule has 1 rings (SSSR count). The molecule has 0 spiro atoms. The van der Waals surface area contributed by atoms with Crippen molar-refractivity contribution < 1.29 is 0 Å². The van der Waals surface area contributed by atoms with Crippen LogP contribution >= 0.6 is 0 Å². The Morgan fingerprint density at radius 3 is 1.07 bits per heavy atom. The van der Waals surface area contributed by atoms with Crippen molar-refractivity contribution in [3.8, 4) is 0 Å². The van der Waals surface area contributed by atoms with Crippen LogP contribution in [0.1, 0.15) is 243 Å². The third-order valence-corrected chi connectivity index (χ3v) is 10.2. The molecule has 0 aromatic carbocycles. The lowest BCUT2D eigenvalue weighted by Gasteiger charge is -2.44. The second-order valence-corrected chi connectivity index (χ2v) is 14.1. The average molecular weight is 595 g/mol. The lowest BCUT2D eigenvalue weighted by molar-refractivity contribution is 0.0581. The first-order valence-electron chi connectivity index (χ1n) is 19.6. The first-order valence-corrected chi connectivity index (χ1v) is 19.6. The highest BCUT2D eigenvalue weighted by molar-refractivity contribution is 4.88. The van der Waals surface area contributed by atoms with Crippen LogP contribution in [0.15, 0.2) is 0 Å². The largest absolute Gasteiger partial charge is 0.0776 e. The number of unbranched alkanes of at least 4 members (excludes halogenated alkanes) is 17. The Morgan fingerprint density at radius 1 is 0.405 bits per heavy atom. The fraction of sp³-hybridized carbons (Fsp3) is 1.00. The van der Waals surface area contributed by atoms with Crippen molar-refractivity contribution in [1.29, 1.82) is 0 Å². The van der Waals surface area contributed by atoms with Gasteiger partial charge in [0.25, 0.3) is 0 Å². The van der Waals surface area contributed by atoms with Crippen LogP contribution in [-0.4, -0.2) is 0 Å². The van der Waals surface area contributed by atoms with E-state index in [1.807, 2.05) is 13.8 Å². The Labute approximate surface area is 272 Å². The highest BCUT2D eigenvalue weighted by Crippen LogP contribution is 2.47. The van der Waals surface area contributed by atoms with Gasteiger partial charge in [0.05, 0.1) is 0 Å². The molecule has 0 N–H and O–H groups in total. The van der Waals surface area contributed by atoms with Crippen molar-refractivity contribution in [2.24, 2.45) is 29.6 Å². The Kier molecular flexibility index (Phi) is 39.2. The Hall–Kier alpha value is 0. The van der Waals surface area contributed by atoms with E-state index in [0.717, 1.165) is 29.6 Å². The topological polar surface area (TPSA) is 0 Å². The molecule has 4 unspecified atom stereocenters. The maximum Gasteiger partial charge on any atom is -0.0355 e. The molecule has 0 heterocycles. The second kappa shape index (κ2) is 35.5. The molecule has 0 aromatic heterocycles. The zero-order valence-electron chi connectivity index (χ0n) is 29.7. The van der Waals surface area contributed by atoms with Gasteiger partial charge in [-0.2, -0.15) is 0 Å². The van der Waals surface area contributed by atoms with E-state index in [0.29, 0.717) is 0 Å². The van der Waals surface area contributed by atoms with Crippen LogP contribution in [0.2, 0.25) is 0 Å². The zero-order chi connectivity index (χ0) is 29.7. The summed E-state index contributed by atoms with van der Waals surface area (Å²) in [6.45, 7) is 15.8. The summed E-state index contributed by atoms with van der Waals surface area (Å²) in [6.07, 6.45) is 41.7. The van der Waals surface area contributed by atoms with Gasteiger partial charge in [0.15, 0.2) is 0 Å². The van der Waals surface area contributed by atoms with Gasteiger partial charge in [-0.3, -0.25) is 0 Å². The molecule has 258 valence electrons. The van der Waals surface area contributed by atoms with Crippen molar-refractivity contribution in [2.45, 2.75) is 243 Å². The van der Waals surface area contributed by atoms with Crippen LogP contribution in [-0.2, 0) is 0 Å². The summed E-state index contributed by atoms with van der Waals surface area (Å²) in [5.41, 5.74) is 0. The lowest BCUT2D eigenvalue weighted by Crippen LogP contribution is -2.35. The van der Waals surface area contributed by atoms with Gasteiger partial charge in [0, 0.05) is 0 Å². The van der Waals surface area contributed by atoms with E-state index in [1.54, 1.807) is 38.5 Å². The third kappa shape index (κ3) is 25.3. The van der Waals surface area contributed by atoms with Gasteiger partial charge in [0.2, 0.25) is 0 Å². The summed E-state index contributed by atoms with van der Waals surface area (Å²) in [7, 11) is 0. The number of hydrogen-bond acceptors (Lipinski definition) is 0. The van der Waals surface area contributed by atoms with E-state index in [4.69, 9.17) is 0 Å². The monoisotopic (exact) mass is 595 g/mol. The normalized spacial score (nSPS) is 20.0. The Morgan fingerprint density at radius 2 is 0.690 bits per heavy atom.